The molecule has 40 heavy (non-hydrogen) atoms. The van der Waals surface area contributed by atoms with Crippen LogP contribution in [0.3, 0.4) is 0 Å². The molecule has 4 heteroatoms. The van der Waals surface area contributed by atoms with Crippen LogP contribution in [0.1, 0.15) is 76.1 Å². The maximum absolute atomic E-state index is 13.7. The molecule has 1 aromatic heterocycles. The zero-order valence-electron chi connectivity index (χ0n) is 25.2. The first-order valence-corrected chi connectivity index (χ1v) is 14.9. The number of rotatable bonds is 16. The molecule has 2 atom stereocenters. The SMILES string of the molecule is CC(C)CCNC(Cc1cccnc1)C(=O)CC(Cc1ccc(CCc2ccccc2)cc1)C(=O)CC(C)(C)C. The molecule has 0 saturated carbocycles. The van der Waals surface area contributed by atoms with Gasteiger partial charge in [-0.05, 0) is 78.3 Å². The number of nitrogens with zero attached hydrogens (tertiary/aromatic N) is 1. The summed E-state index contributed by atoms with van der Waals surface area (Å²) in [6, 6.07) is 22.7. The average Bonchev–Trinajstić information content (AvgIpc) is 2.91. The van der Waals surface area contributed by atoms with Crippen LogP contribution in [0.15, 0.2) is 79.1 Å². The number of Topliss-reactive ketones (excluding diaryl/α,β-unsaturated/α-hetero) is 2. The highest BCUT2D eigenvalue weighted by atomic mass is 16.1. The largest absolute Gasteiger partial charge is 0.307 e. The van der Waals surface area contributed by atoms with E-state index in [1.54, 1.807) is 6.20 Å². The lowest BCUT2D eigenvalue weighted by Gasteiger charge is -2.24. The molecule has 2 unspecified atom stereocenters. The molecule has 0 aliphatic rings. The Hall–Kier alpha value is -3.11. The van der Waals surface area contributed by atoms with Crippen molar-refractivity contribution >= 4 is 11.6 Å². The lowest BCUT2D eigenvalue weighted by Crippen LogP contribution is -2.41. The second-order valence-corrected chi connectivity index (χ2v) is 12.8. The number of pyridine rings is 1. The van der Waals surface area contributed by atoms with Gasteiger partial charge in [-0.2, -0.15) is 0 Å². The Morgan fingerprint density at radius 2 is 1.40 bits per heavy atom. The summed E-state index contributed by atoms with van der Waals surface area (Å²) in [5.74, 6) is 0.513. The van der Waals surface area contributed by atoms with Crippen LogP contribution in [-0.2, 0) is 35.3 Å². The molecular formula is C36H48N2O2. The molecule has 0 radical (unpaired) electrons. The highest BCUT2D eigenvalue weighted by molar-refractivity contribution is 5.91. The van der Waals surface area contributed by atoms with Gasteiger partial charge >= 0.3 is 0 Å². The lowest BCUT2D eigenvalue weighted by molar-refractivity contribution is -0.130. The summed E-state index contributed by atoms with van der Waals surface area (Å²) in [4.78, 5) is 31.5. The first kappa shape index (κ1) is 31.4. The van der Waals surface area contributed by atoms with Crippen molar-refractivity contribution in [3.05, 3.63) is 101 Å². The molecule has 1 heterocycles. The minimum Gasteiger partial charge on any atom is -0.307 e. The number of benzene rings is 2. The van der Waals surface area contributed by atoms with Crippen LogP contribution in [0.4, 0.5) is 0 Å². The molecule has 0 aliphatic heterocycles. The van der Waals surface area contributed by atoms with Crippen molar-refractivity contribution in [3.63, 3.8) is 0 Å². The van der Waals surface area contributed by atoms with Gasteiger partial charge in [0.1, 0.15) is 5.78 Å². The van der Waals surface area contributed by atoms with Gasteiger partial charge in [0, 0.05) is 31.2 Å². The quantitative estimate of drug-likeness (QED) is 0.208. The fourth-order valence-corrected chi connectivity index (χ4v) is 5.01. The Kier molecular flexibility index (Phi) is 12.3. The van der Waals surface area contributed by atoms with Gasteiger partial charge in [0.05, 0.1) is 6.04 Å². The molecular weight excluding hydrogens is 492 g/mol. The molecule has 4 nitrogen and oxygen atoms in total. The third-order valence-electron chi connectivity index (χ3n) is 7.32. The zero-order valence-corrected chi connectivity index (χ0v) is 25.2. The minimum absolute atomic E-state index is 0.111. The highest BCUT2D eigenvalue weighted by Crippen LogP contribution is 2.26. The Morgan fingerprint density at radius 1 is 0.775 bits per heavy atom. The van der Waals surface area contributed by atoms with Gasteiger partial charge in [-0.15, -0.1) is 0 Å². The predicted octanol–water partition coefficient (Wildman–Crippen LogP) is 7.24. The summed E-state index contributed by atoms with van der Waals surface area (Å²) in [5, 5.41) is 3.50. The van der Waals surface area contributed by atoms with Crippen molar-refractivity contribution in [2.75, 3.05) is 6.54 Å². The van der Waals surface area contributed by atoms with E-state index in [1.807, 2.05) is 24.4 Å². The lowest BCUT2D eigenvalue weighted by atomic mass is 9.80. The van der Waals surface area contributed by atoms with Crippen molar-refractivity contribution in [3.8, 4) is 0 Å². The topological polar surface area (TPSA) is 59.1 Å². The standard InChI is InChI=1S/C36H48N2O2/c1-27(2)19-21-38-33(23-31-12-9-20-37-26-31)34(39)24-32(35(40)25-36(3,4)5)22-30-17-15-29(16-18-30)14-13-28-10-7-6-8-11-28/h6-12,15-18,20,26-27,32-33,38H,13-14,19,21-25H2,1-5H3. The second-order valence-electron chi connectivity index (χ2n) is 12.8. The number of aromatic nitrogens is 1. The molecule has 214 valence electrons. The first-order chi connectivity index (χ1) is 19.1. The number of carbonyl (C=O) groups is 2. The molecule has 0 spiro atoms. The third-order valence-corrected chi connectivity index (χ3v) is 7.32. The smallest absolute Gasteiger partial charge is 0.150 e. The van der Waals surface area contributed by atoms with Crippen LogP contribution in [0.2, 0.25) is 0 Å². The molecule has 3 aromatic rings. The minimum atomic E-state index is -0.329. The van der Waals surface area contributed by atoms with E-state index < -0.39 is 0 Å². The van der Waals surface area contributed by atoms with E-state index in [-0.39, 0.29) is 35.4 Å². The molecule has 0 bridgehead atoms. The summed E-state index contributed by atoms with van der Waals surface area (Å²) in [6.07, 6.45) is 8.45. The highest BCUT2D eigenvalue weighted by Gasteiger charge is 2.29. The Bertz CT molecular complexity index is 1160. The summed E-state index contributed by atoms with van der Waals surface area (Å²) < 4.78 is 0. The van der Waals surface area contributed by atoms with E-state index in [1.165, 1.54) is 11.1 Å². The molecule has 2 aromatic carbocycles. The Morgan fingerprint density at radius 3 is 2.00 bits per heavy atom. The van der Waals surface area contributed by atoms with Gasteiger partial charge in [-0.1, -0.05) is 95.3 Å². The number of ketones is 2. The van der Waals surface area contributed by atoms with Crippen LogP contribution in [0.5, 0.6) is 0 Å². The number of carbonyl (C=O) groups excluding carboxylic acids is 2. The normalized spacial score (nSPS) is 13.2. The van der Waals surface area contributed by atoms with Crippen molar-refractivity contribution in [1.82, 2.24) is 10.3 Å². The van der Waals surface area contributed by atoms with Crippen LogP contribution >= 0.6 is 0 Å². The van der Waals surface area contributed by atoms with Crippen LogP contribution in [-0.4, -0.2) is 29.1 Å². The maximum atomic E-state index is 13.7. The van der Waals surface area contributed by atoms with Crippen molar-refractivity contribution in [2.45, 2.75) is 85.6 Å². The van der Waals surface area contributed by atoms with Gasteiger partial charge in [0.15, 0.2) is 5.78 Å². The van der Waals surface area contributed by atoms with E-state index in [2.05, 4.69) is 93.5 Å². The first-order valence-electron chi connectivity index (χ1n) is 14.9. The van der Waals surface area contributed by atoms with E-state index in [9.17, 15) is 9.59 Å². The van der Waals surface area contributed by atoms with Crippen molar-refractivity contribution < 1.29 is 9.59 Å². The monoisotopic (exact) mass is 540 g/mol. The Balaban J connectivity index is 1.71. The third kappa shape index (κ3) is 11.6. The van der Waals surface area contributed by atoms with Gasteiger partial charge in [-0.25, -0.2) is 0 Å². The van der Waals surface area contributed by atoms with Gasteiger partial charge in [0.2, 0.25) is 0 Å². The van der Waals surface area contributed by atoms with E-state index in [4.69, 9.17) is 0 Å². The summed E-state index contributed by atoms with van der Waals surface area (Å²) in [7, 11) is 0. The number of nitrogens with one attached hydrogen (secondary N) is 1. The predicted molar refractivity (Wildman–Crippen MR) is 165 cm³/mol. The summed E-state index contributed by atoms with van der Waals surface area (Å²) in [5.41, 5.74) is 4.64. The fraction of sp³-hybridized carbons (Fsp3) is 0.472. The van der Waals surface area contributed by atoms with E-state index in [0.29, 0.717) is 25.2 Å². The molecule has 1 N–H and O–H groups in total. The van der Waals surface area contributed by atoms with Crippen LogP contribution in [0.25, 0.3) is 0 Å². The molecule has 0 aliphatic carbocycles. The summed E-state index contributed by atoms with van der Waals surface area (Å²) in [6.45, 7) is 11.4. The van der Waals surface area contributed by atoms with Crippen molar-refractivity contribution in [2.24, 2.45) is 17.3 Å². The van der Waals surface area contributed by atoms with Crippen molar-refractivity contribution in [1.29, 1.82) is 0 Å². The van der Waals surface area contributed by atoms with Crippen LogP contribution in [0, 0.1) is 17.3 Å². The second kappa shape index (κ2) is 15.6. The maximum Gasteiger partial charge on any atom is 0.150 e. The van der Waals surface area contributed by atoms with E-state index in [0.717, 1.165) is 36.9 Å². The van der Waals surface area contributed by atoms with Gasteiger partial charge < -0.3 is 5.32 Å². The van der Waals surface area contributed by atoms with Gasteiger partial charge in [0.25, 0.3) is 0 Å². The average molecular weight is 541 g/mol. The van der Waals surface area contributed by atoms with Gasteiger partial charge in [-0.3, -0.25) is 14.6 Å². The Labute approximate surface area is 242 Å². The molecule has 0 fully saturated rings. The molecule has 0 saturated heterocycles. The number of hydrogen-bond acceptors (Lipinski definition) is 4. The molecule has 0 amide bonds. The summed E-state index contributed by atoms with van der Waals surface area (Å²) >= 11 is 0. The fourth-order valence-electron chi connectivity index (χ4n) is 5.01. The number of hydrogen-bond donors (Lipinski definition) is 1. The zero-order chi connectivity index (χ0) is 29.0. The molecule has 3 rings (SSSR count). The van der Waals surface area contributed by atoms with E-state index >= 15 is 0 Å². The van der Waals surface area contributed by atoms with Crippen LogP contribution < -0.4 is 5.32 Å². The number of aryl methyl sites for hydroxylation is 2.